The summed E-state index contributed by atoms with van der Waals surface area (Å²) in [5, 5.41) is 3.64. The Morgan fingerprint density at radius 1 is 0.880 bits per heavy atom. The van der Waals surface area contributed by atoms with Gasteiger partial charge in [-0.1, -0.05) is 54.6 Å². The maximum absolute atomic E-state index is 14.6. The van der Waals surface area contributed by atoms with E-state index in [1.54, 1.807) is 0 Å². The monoisotopic (exact) mass is 689 g/mol. The van der Waals surface area contributed by atoms with Gasteiger partial charge in [-0.15, -0.1) is 0 Å². The molecule has 1 aliphatic carbocycles. The molecule has 2 atom stereocenters. The van der Waals surface area contributed by atoms with Crippen molar-refractivity contribution in [3.05, 3.63) is 106 Å². The second kappa shape index (κ2) is 15.9. The van der Waals surface area contributed by atoms with Crippen LogP contribution in [0.1, 0.15) is 61.6 Å². The van der Waals surface area contributed by atoms with E-state index in [1.807, 2.05) is 64.4 Å². The van der Waals surface area contributed by atoms with Crippen molar-refractivity contribution in [1.82, 2.24) is 15.1 Å². The smallest absolute Gasteiger partial charge is 0.305 e. The van der Waals surface area contributed by atoms with Gasteiger partial charge in [0.05, 0.1) is 19.8 Å². The first kappa shape index (κ1) is 35.2. The van der Waals surface area contributed by atoms with Crippen molar-refractivity contribution in [1.29, 1.82) is 0 Å². The lowest BCUT2D eigenvalue weighted by Crippen LogP contribution is -2.62. The molecule has 2 heterocycles. The van der Waals surface area contributed by atoms with Crippen LogP contribution in [0.25, 0.3) is 5.57 Å². The van der Waals surface area contributed by atoms with Crippen molar-refractivity contribution in [2.75, 3.05) is 26.8 Å². The standard InChI is InChI=1S/C39H42F3N3O5/c1-49-35(47)11-5-10-34(46)44-23-28-21-30(27-14-12-25(13-15-27)9-6-20-50-38-32(41)19-18-31(40)37(38)42)36(33(24-44)43-28)39(48)45(29-16-17-29)22-26-7-3-2-4-8-26/h2-4,7-8,12-15,18-19,28-29,33,43H,5-6,9-11,16-17,20-24H2,1H3/t28-,33-/m1/s1. The molecule has 50 heavy (non-hydrogen) atoms. The first-order valence-electron chi connectivity index (χ1n) is 17.3. The van der Waals surface area contributed by atoms with E-state index in [4.69, 9.17) is 9.47 Å². The van der Waals surface area contributed by atoms with E-state index in [9.17, 15) is 27.6 Å². The average Bonchev–Trinajstić information content (AvgIpc) is 3.97. The van der Waals surface area contributed by atoms with Gasteiger partial charge in [-0.2, -0.15) is 4.39 Å². The Hall–Kier alpha value is -4.64. The number of benzene rings is 3. The molecule has 6 rings (SSSR count). The van der Waals surface area contributed by atoms with Crippen molar-refractivity contribution in [3.63, 3.8) is 0 Å². The van der Waals surface area contributed by atoms with Crippen molar-refractivity contribution >= 4 is 23.4 Å². The molecular weight excluding hydrogens is 647 g/mol. The number of esters is 1. The number of halogens is 3. The molecule has 2 aliphatic heterocycles. The molecular formula is C39H42F3N3O5. The Kier molecular flexibility index (Phi) is 11.2. The third-order valence-electron chi connectivity index (χ3n) is 9.59. The van der Waals surface area contributed by atoms with Crippen LogP contribution in [0, 0.1) is 17.5 Å². The van der Waals surface area contributed by atoms with E-state index in [0.717, 1.165) is 47.2 Å². The lowest BCUT2D eigenvalue weighted by Gasteiger charge is -2.45. The van der Waals surface area contributed by atoms with Gasteiger partial charge in [0.1, 0.15) is 0 Å². The first-order chi connectivity index (χ1) is 24.2. The van der Waals surface area contributed by atoms with E-state index in [2.05, 4.69) is 5.32 Å². The van der Waals surface area contributed by atoms with Crippen molar-refractivity contribution in [2.24, 2.45) is 0 Å². The number of rotatable bonds is 14. The molecule has 8 nitrogen and oxygen atoms in total. The van der Waals surface area contributed by atoms with Crippen LogP contribution in [0.2, 0.25) is 0 Å². The number of aryl methyl sites for hydroxylation is 1. The fourth-order valence-corrected chi connectivity index (χ4v) is 6.87. The maximum Gasteiger partial charge on any atom is 0.305 e. The number of carbonyl (C=O) groups excluding carboxylic acids is 3. The number of hydrogen-bond donors (Lipinski definition) is 1. The average molecular weight is 690 g/mol. The Bertz CT molecular complexity index is 1730. The highest BCUT2D eigenvalue weighted by molar-refractivity contribution is 6.03. The van der Waals surface area contributed by atoms with E-state index in [0.29, 0.717) is 50.9 Å². The summed E-state index contributed by atoms with van der Waals surface area (Å²) in [6, 6.07) is 19.2. The highest BCUT2D eigenvalue weighted by Crippen LogP contribution is 2.37. The van der Waals surface area contributed by atoms with Gasteiger partial charge in [0.25, 0.3) is 5.91 Å². The molecule has 2 bridgehead atoms. The zero-order valence-electron chi connectivity index (χ0n) is 28.1. The minimum absolute atomic E-state index is 0.00814. The van der Waals surface area contributed by atoms with E-state index in [1.165, 1.54) is 7.11 Å². The van der Waals surface area contributed by atoms with Crippen LogP contribution in [0.15, 0.2) is 72.3 Å². The Labute approximate surface area is 290 Å². The molecule has 1 saturated carbocycles. The van der Waals surface area contributed by atoms with Crippen LogP contribution in [0.3, 0.4) is 0 Å². The number of nitrogens with one attached hydrogen (secondary N) is 1. The maximum atomic E-state index is 14.6. The van der Waals surface area contributed by atoms with E-state index in [-0.39, 0.29) is 55.4 Å². The van der Waals surface area contributed by atoms with Crippen molar-refractivity contribution in [3.8, 4) is 5.75 Å². The zero-order valence-corrected chi connectivity index (χ0v) is 28.1. The lowest BCUT2D eigenvalue weighted by atomic mass is 9.82. The normalized spacial score (nSPS) is 18.5. The molecule has 0 unspecified atom stereocenters. The molecule has 2 amide bonds. The highest BCUT2D eigenvalue weighted by Gasteiger charge is 2.43. The fourth-order valence-electron chi connectivity index (χ4n) is 6.87. The Morgan fingerprint density at radius 3 is 2.34 bits per heavy atom. The summed E-state index contributed by atoms with van der Waals surface area (Å²) in [6.45, 7) is 1.36. The second-order valence-corrected chi connectivity index (χ2v) is 13.2. The van der Waals surface area contributed by atoms with Gasteiger partial charge in [0.2, 0.25) is 11.7 Å². The number of carbonyl (C=O) groups is 3. The molecule has 3 aromatic rings. The van der Waals surface area contributed by atoms with Crippen LogP contribution >= 0.6 is 0 Å². The lowest BCUT2D eigenvalue weighted by molar-refractivity contribution is -0.141. The largest absolute Gasteiger partial charge is 0.488 e. The van der Waals surface area contributed by atoms with Gasteiger partial charge in [-0.3, -0.25) is 14.4 Å². The summed E-state index contributed by atoms with van der Waals surface area (Å²) < 4.78 is 51.3. The quantitative estimate of drug-likeness (QED) is 0.127. The van der Waals surface area contributed by atoms with Gasteiger partial charge in [-0.25, -0.2) is 8.78 Å². The molecule has 2 fully saturated rings. The van der Waals surface area contributed by atoms with Crippen LogP contribution in [-0.2, 0) is 32.1 Å². The zero-order chi connectivity index (χ0) is 35.2. The Balaban J connectivity index is 1.21. The third-order valence-corrected chi connectivity index (χ3v) is 9.59. The van der Waals surface area contributed by atoms with E-state index < -0.39 is 23.2 Å². The van der Waals surface area contributed by atoms with Crippen LogP contribution in [-0.4, -0.2) is 72.5 Å². The molecule has 11 heteroatoms. The summed E-state index contributed by atoms with van der Waals surface area (Å²) in [6.07, 6.45) is 4.29. The fraction of sp³-hybridized carbons (Fsp3) is 0.410. The summed E-state index contributed by atoms with van der Waals surface area (Å²) >= 11 is 0. The molecule has 0 aromatic heterocycles. The SMILES string of the molecule is COC(=O)CCCC(=O)N1C[C@H]2CC(c3ccc(CCCOc4c(F)ccc(F)c4F)cc3)=C(C(=O)N(Cc3ccccc3)C3CC3)[C@@H](C1)N2. The summed E-state index contributed by atoms with van der Waals surface area (Å²) in [5.41, 5.74) is 4.61. The molecule has 0 spiro atoms. The molecule has 0 radical (unpaired) electrons. The number of amides is 2. The van der Waals surface area contributed by atoms with Gasteiger partial charge in [0, 0.05) is 50.1 Å². The number of ether oxygens (including phenoxy) is 2. The topological polar surface area (TPSA) is 88.2 Å². The molecule has 3 aromatic carbocycles. The van der Waals surface area contributed by atoms with Crippen LogP contribution in [0.5, 0.6) is 5.75 Å². The summed E-state index contributed by atoms with van der Waals surface area (Å²) in [4.78, 5) is 43.3. The number of methoxy groups -OCH3 is 1. The minimum atomic E-state index is -1.34. The van der Waals surface area contributed by atoms with Gasteiger partial charge >= 0.3 is 5.97 Å². The molecule has 1 N–H and O–H groups in total. The number of piperazine rings is 1. The van der Waals surface area contributed by atoms with Gasteiger partial charge in [-0.05, 0) is 72.9 Å². The van der Waals surface area contributed by atoms with Crippen molar-refractivity contribution in [2.45, 2.75) is 76.0 Å². The molecule has 1 saturated heterocycles. The minimum Gasteiger partial charge on any atom is -0.488 e. The predicted octanol–water partition coefficient (Wildman–Crippen LogP) is 5.98. The number of nitrogens with zero attached hydrogens (tertiary/aromatic N) is 2. The predicted molar refractivity (Wildman–Crippen MR) is 181 cm³/mol. The van der Waals surface area contributed by atoms with Gasteiger partial charge < -0.3 is 24.6 Å². The second-order valence-electron chi connectivity index (χ2n) is 13.2. The summed E-state index contributed by atoms with van der Waals surface area (Å²) in [5.74, 6) is -4.58. The number of fused-ring (bicyclic) bond motifs is 2. The van der Waals surface area contributed by atoms with E-state index >= 15 is 0 Å². The molecule has 3 aliphatic rings. The number of hydrogen-bond acceptors (Lipinski definition) is 6. The highest BCUT2D eigenvalue weighted by atomic mass is 19.2. The van der Waals surface area contributed by atoms with Crippen LogP contribution in [0.4, 0.5) is 13.2 Å². The first-order valence-corrected chi connectivity index (χ1v) is 17.3. The molecule has 264 valence electrons. The Morgan fingerprint density at radius 2 is 1.62 bits per heavy atom. The van der Waals surface area contributed by atoms with Crippen molar-refractivity contribution < 1.29 is 37.0 Å². The van der Waals surface area contributed by atoms with Gasteiger partial charge in [0.15, 0.2) is 17.4 Å². The summed E-state index contributed by atoms with van der Waals surface area (Å²) in [7, 11) is 1.33. The third kappa shape index (κ3) is 8.38. The van der Waals surface area contributed by atoms with Crippen LogP contribution < -0.4 is 10.1 Å².